The molecule has 0 unspecified atom stereocenters. The average molecular weight is 809 g/mol. The lowest BCUT2D eigenvalue weighted by molar-refractivity contribution is 0.0692. The Balaban J connectivity index is 0.895. The Morgan fingerprint density at radius 3 is 1.03 bits per heavy atom. The predicted octanol–water partition coefficient (Wildman–Crippen LogP) is -1.03. The Kier molecular flexibility index (Phi) is 9.50. The molecule has 3 aromatic rings. The van der Waals surface area contributed by atoms with Crippen LogP contribution in [0, 0.1) is 0 Å². The number of hydrogen-bond acceptors (Lipinski definition) is 22. The molecule has 22 nitrogen and oxygen atoms in total. The third-order valence-corrected chi connectivity index (χ3v) is 12.1. The Morgan fingerprint density at radius 1 is 0.397 bits per heavy atom. The molecule has 8 aliphatic heterocycles. The first-order valence-electron chi connectivity index (χ1n) is 19.2. The van der Waals surface area contributed by atoms with E-state index in [-0.39, 0.29) is 38.4 Å². The number of nitrogens with zero attached hydrogens (tertiary/aromatic N) is 10. The van der Waals surface area contributed by atoms with Gasteiger partial charge in [-0.3, -0.25) is 4.98 Å². The summed E-state index contributed by atoms with van der Waals surface area (Å²) in [6.45, 7) is 8.69. The molecular formula is C36H44N10O12. The molecule has 11 heterocycles. The third kappa shape index (κ3) is 6.70. The topological polar surface area (TPSA) is 201 Å². The van der Waals surface area contributed by atoms with Crippen LogP contribution in [0.4, 0.5) is 0 Å². The maximum atomic E-state index is 6.36. The van der Waals surface area contributed by atoms with E-state index >= 15 is 0 Å². The number of aromatic nitrogens is 6. The number of ether oxygens (including phenoxy) is 12. The molecule has 3 aromatic heterocycles. The molecule has 11 rings (SSSR count). The minimum atomic E-state index is -0.435. The molecule has 0 spiro atoms. The zero-order chi connectivity index (χ0) is 38.6. The lowest BCUT2D eigenvalue weighted by atomic mass is 10.0. The molecule has 0 radical (unpaired) electrons. The molecule has 0 saturated carbocycles. The van der Waals surface area contributed by atoms with E-state index in [2.05, 4.69) is 34.6 Å². The summed E-state index contributed by atoms with van der Waals surface area (Å²) in [7, 11) is 0. The minimum Gasteiger partial charge on any atom is -0.475 e. The van der Waals surface area contributed by atoms with Gasteiger partial charge >= 0.3 is 12.0 Å². The molecule has 58 heavy (non-hydrogen) atoms. The third-order valence-electron chi connectivity index (χ3n) is 12.1. The van der Waals surface area contributed by atoms with Crippen molar-refractivity contribution in [3.8, 4) is 46.6 Å². The summed E-state index contributed by atoms with van der Waals surface area (Å²) in [5, 5.41) is 0. The fourth-order valence-electron chi connectivity index (χ4n) is 8.38. The Bertz CT molecular complexity index is 1720. The van der Waals surface area contributed by atoms with E-state index in [0.29, 0.717) is 141 Å². The van der Waals surface area contributed by atoms with Gasteiger partial charge in [-0.25, -0.2) is 24.6 Å². The van der Waals surface area contributed by atoms with Gasteiger partial charge in [0.1, 0.15) is 125 Å². The zero-order valence-electron chi connectivity index (χ0n) is 31.8. The van der Waals surface area contributed by atoms with Crippen molar-refractivity contribution in [2.75, 3.05) is 133 Å². The molecule has 0 bridgehead atoms. The highest BCUT2D eigenvalue weighted by atomic mass is 16.6. The Morgan fingerprint density at radius 2 is 0.707 bits per heavy atom. The first kappa shape index (κ1) is 37.0. The van der Waals surface area contributed by atoms with Crippen molar-refractivity contribution in [1.29, 1.82) is 0 Å². The summed E-state index contributed by atoms with van der Waals surface area (Å²) in [5.41, 5.74) is 0.0214. The van der Waals surface area contributed by atoms with Gasteiger partial charge in [0.2, 0.25) is 11.8 Å². The first-order chi connectivity index (χ1) is 28.5. The van der Waals surface area contributed by atoms with Gasteiger partial charge < -0.3 is 56.8 Å². The summed E-state index contributed by atoms with van der Waals surface area (Å²) in [6.07, 6.45) is 3.23. The predicted molar refractivity (Wildman–Crippen MR) is 191 cm³/mol. The second-order valence-electron chi connectivity index (χ2n) is 16.1. The SMILES string of the molecule is c1ncc(-c2cc(OCC34COCN3COC4)nc(OCC34COCN3COC4)n2)nc1-c1cc(OCC23COCN2COC3)nc(OCC23COCN2COC3)n1. The zero-order valence-corrected chi connectivity index (χ0v) is 31.8. The minimum absolute atomic E-state index is 0.112. The van der Waals surface area contributed by atoms with Crippen LogP contribution in [-0.4, -0.2) is 205 Å². The fourth-order valence-corrected chi connectivity index (χ4v) is 8.38. The molecule has 0 aromatic carbocycles. The van der Waals surface area contributed by atoms with Gasteiger partial charge in [-0.1, -0.05) is 0 Å². The number of hydrogen-bond donors (Lipinski definition) is 0. The lowest BCUT2D eigenvalue weighted by Gasteiger charge is -2.27. The molecule has 0 N–H and O–H groups in total. The van der Waals surface area contributed by atoms with Crippen molar-refractivity contribution < 1.29 is 56.8 Å². The van der Waals surface area contributed by atoms with Crippen LogP contribution in [0.5, 0.6) is 23.8 Å². The van der Waals surface area contributed by atoms with Crippen LogP contribution in [0.2, 0.25) is 0 Å². The van der Waals surface area contributed by atoms with Gasteiger partial charge in [0.05, 0.1) is 65.2 Å². The smallest absolute Gasteiger partial charge is 0.320 e. The van der Waals surface area contributed by atoms with Gasteiger partial charge in [-0.15, -0.1) is 0 Å². The van der Waals surface area contributed by atoms with E-state index in [1.807, 2.05) is 0 Å². The molecule has 310 valence electrons. The van der Waals surface area contributed by atoms with Crippen molar-refractivity contribution in [3.63, 3.8) is 0 Å². The van der Waals surface area contributed by atoms with E-state index < -0.39 is 22.2 Å². The number of fused-ring (bicyclic) bond motifs is 4. The average Bonchev–Trinajstić information content (AvgIpc) is 4.09. The van der Waals surface area contributed by atoms with Gasteiger partial charge in [0.25, 0.3) is 0 Å². The van der Waals surface area contributed by atoms with E-state index in [1.54, 1.807) is 24.5 Å². The Hall–Kier alpha value is -4.04. The van der Waals surface area contributed by atoms with Crippen LogP contribution < -0.4 is 18.9 Å². The second kappa shape index (κ2) is 14.9. The Labute approximate surface area is 332 Å². The van der Waals surface area contributed by atoms with Crippen LogP contribution in [0.15, 0.2) is 24.5 Å². The van der Waals surface area contributed by atoms with Crippen molar-refractivity contribution in [3.05, 3.63) is 24.5 Å². The summed E-state index contributed by atoms with van der Waals surface area (Å²) in [4.78, 5) is 36.9. The van der Waals surface area contributed by atoms with Crippen molar-refractivity contribution >= 4 is 0 Å². The van der Waals surface area contributed by atoms with Crippen molar-refractivity contribution in [1.82, 2.24) is 49.5 Å². The van der Waals surface area contributed by atoms with Gasteiger partial charge in [0, 0.05) is 12.1 Å². The molecule has 0 atom stereocenters. The summed E-state index contributed by atoms with van der Waals surface area (Å²) >= 11 is 0. The summed E-state index contributed by atoms with van der Waals surface area (Å²) < 4.78 is 71.3. The maximum absolute atomic E-state index is 6.36. The number of rotatable bonds is 14. The van der Waals surface area contributed by atoms with Gasteiger partial charge in [0.15, 0.2) is 0 Å². The van der Waals surface area contributed by atoms with Crippen LogP contribution in [0.3, 0.4) is 0 Å². The van der Waals surface area contributed by atoms with E-state index in [9.17, 15) is 0 Å². The molecule has 22 heteroatoms. The van der Waals surface area contributed by atoms with Crippen molar-refractivity contribution in [2.45, 2.75) is 22.2 Å². The van der Waals surface area contributed by atoms with E-state index in [4.69, 9.17) is 71.8 Å². The van der Waals surface area contributed by atoms with Crippen LogP contribution in [0.1, 0.15) is 0 Å². The van der Waals surface area contributed by atoms with E-state index in [0.717, 1.165) is 0 Å². The lowest BCUT2D eigenvalue weighted by Crippen LogP contribution is -2.48. The second-order valence-corrected chi connectivity index (χ2v) is 16.1. The molecular weight excluding hydrogens is 764 g/mol. The van der Waals surface area contributed by atoms with Gasteiger partial charge in [-0.05, 0) is 0 Å². The van der Waals surface area contributed by atoms with Crippen LogP contribution in [0.25, 0.3) is 22.8 Å². The highest BCUT2D eigenvalue weighted by molar-refractivity contribution is 5.61. The molecule has 8 saturated heterocycles. The largest absolute Gasteiger partial charge is 0.475 e. The van der Waals surface area contributed by atoms with E-state index in [1.165, 1.54) is 0 Å². The van der Waals surface area contributed by atoms with Crippen LogP contribution >= 0.6 is 0 Å². The monoisotopic (exact) mass is 808 g/mol. The van der Waals surface area contributed by atoms with Crippen molar-refractivity contribution in [2.24, 2.45) is 0 Å². The highest BCUT2D eigenvalue weighted by Gasteiger charge is 2.50. The summed E-state index contributed by atoms with van der Waals surface area (Å²) in [6, 6.07) is 3.66. The van der Waals surface area contributed by atoms with Gasteiger partial charge in [-0.2, -0.15) is 19.9 Å². The first-order valence-corrected chi connectivity index (χ1v) is 19.2. The van der Waals surface area contributed by atoms with Crippen LogP contribution in [-0.2, 0) is 37.9 Å². The molecule has 8 aliphatic rings. The molecule has 8 fully saturated rings. The normalized spacial score (nSPS) is 25.5. The standard InChI is InChI=1S/C36H44N10O12/c1-25(39-31(57-15-35-9-51-21-45(35)22-52-10-35)41-29(1)55-13-33-5-47-17-43(33)18-48-6-33)27-3-37-4-28(38-27)26-2-30(56-14-34-7-49-19-44(34)20-50-8-34)42-32(40-26)58-16-36-11-53-23-46(36)24-54-12-36/h1-4H,5-24H2. The summed E-state index contributed by atoms with van der Waals surface area (Å²) in [5.74, 6) is 0.600. The maximum Gasteiger partial charge on any atom is 0.320 e. The molecule has 0 aliphatic carbocycles. The quantitative estimate of drug-likeness (QED) is 0.191. The highest BCUT2D eigenvalue weighted by Crippen LogP contribution is 2.35. The molecule has 0 amide bonds. The fraction of sp³-hybridized carbons (Fsp3) is 0.667.